The number of anilines is 2. The van der Waals surface area contributed by atoms with E-state index in [-0.39, 0.29) is 6.54 Å². The average Bonchev–Trinajstić information content (AvgIpc) is 2.56. The van der Waals surface area contributed by atoms with Crippen molar-refractivity contribution < 1.29 is 9.90 Å². The first-order valence-corrected chi connectivity index (χ1v) is 7.51. The minimum absolute atomic E-state index is 0.0766. The van der Waals surface area contributed by atoms with Gasteiger partial charge in [0, 0.05) is 31.7 Å². The van der Waals surface area contributed by atoms with Gasteiger partial charge in [0.2, 0.25) is 0 Å². The van der Waals surface area contributed by atoms with Gasteiger partial charge in [-0.25, -0.2) is 0 Å². The fourth-order valence-electron chi connectivity index (χ4n) is 2.73. The molecule has 1 aliphatic rings. The number of carboxylic acids is 1. The molecule has 0 aliphatic carbocycles. The molecule has 3 rings (SSSR count). The molecule has 0 unspecified atom stereocenters. The third-order valence-electron chi connectivity index (χ3n) is 3.94. The van der Waals surface area contributed by atoms with Gasteiger partial charge >= 0.3 is 5.97 Å². The summed E-state index contributed by atoms with van der Waals surface area (Å²) in [7, 11) is 0. The zero-order valence-electron chi connectivity index (χ0n) is 12.7. The minimum Gasteiger partial charge on any atom is -0.480 e. The molecule has 2 heterocycles. The molecule has 0 radical (unpaired) electrons. The van der Waals surface area contributed by atoms with Crippen LogP contribution in [-0.4, -0.2) is 58.9 Å². The topological polar surface area (TPSA) is 95.6 Å². The number of hydrogen-bond donors (Lipinski definition) is 2. The first-order chi connectivity index (χ1) is 11.1. The quantitative estimate of drug-likeness (QED) is 0.867. The Bertz CT molecular complexity index is 684. The lowest BCUT2D eigenvalue weighted by Gasteiger charge is -2.35. The summed E-state index contributed by atoms with van der Waals surface area (Å²) in [5, 5.41) is 17.1. The first kappa shape index (κ1) is 15.2. The van der Waals surface area contributed by atoms with Gasteiger partial charge in [0.1, 0.15) is 0 Å². The molecule has 7 heteroatoms. The van der Waals surface area contributed by atoms with Crippen LogP contribution < -0.4 is 10.6 Å². The number of nitrogen functional groups attached to an aromatic ring is 1. The molecular weight excluding hydrogens is 294 g/mol. The molecule has 1 fully saturated rings. The van der Waals surface area contributed by atoms with Crippen molar-refractivity contribution in [3.63, 3.8) is 0 Å². The van der Waals surface area contributed by atoms with Crippen LogP contribution in [0.2, 0.25) is 0 Å². The van der Waals surface area contributed by atoms with E-state index in [1.807, 2.05) is 41.3 Å². The second-order valence-electron chi connectivity index (χ2n) is 5.52. The van der Waals surface area contributed by atoms with Crippen LogP contribution in [0.1, 0.15) is 0 Å². The van der Waals surface area contributed by atoms with Crippen LogP contribution in [0.25, 0.3) is 11.3 Å². The van der Waals surface area contributed by atoms with E-state index < -0.39 is 5.97 Å². The van der Waals surface area contributed by atoms with Crippen molar-refractivity contribution >= 4 is 17.5 Å². The Morgan fingerprint density at radius 2 is 1.83 bits per heavy atom. The van der Waals surface area contributed by atoms with Gasteiger partial charge in [-0.05, 0) is 6.07 Å². The Hall–Kier alpha value is -2.67. The van der Waals surface area contributed by atoms with Crippen molar-refractivity contribution in [3.8, 4) is 11.3 Å². The van der Waals surface area contributed by atoms with Gasteiger partial charge in [-0.2, -0.15) is 0 Å². The molecule has 120 valence electrons. The van der Waals surface area contributed by atoms with Crippen molar-refractivity contribution in [1.82, 2.24) is 15.1 Å². The standard InChI is InChI=1S/C16H19N5O2/c17-16-14(21-8-6-20(7-9-21)11-15(22)23)10-13(18-19-16)12-4-2-1-3-5-12/h1-5,10H,6-9,11H2,(H2,17,19)(H,22,23). The molecule has 7 nitrogen and oxygen atoms in total. The molecule has 2 aromatic rings. The predicted molar refractivity (Wildman–Crippen MR) is 88.2 cm³/mol. The van der Waals surface area contributed by atoms with Gasteiger partial charge in [0.15, 0.2) is 5.82 Å². The number of piperazine rings is 1. The zero-order chi connectivity index (χ0) is 16.2. The summed E-state index contributed by atoms with van der Waals surface area (Å²) in [5.74, 6) is -0.397. The Morgan fingerprint density at radius 3 is 2.48 bits per heavy atom. The summed E-state index contributed by atoms with van der Waals surface area (Å²) in [4.78, 5) is 14.8. The fraction of sp³-hybridized carbons (Fsp3) is 0.312. The van der Waals surface area contributed by atoms with Crippen molar-refractivity contribution in [2.75, 3.05) is 43.4 Å². The number of aliphatic carboxylic acids is 1. The SMILES string of the molecule is Nc1nnc(-c2ccccc2)cc1N1CCN(CC(=O)O)CC1. The van der Waals surface area contributed by atoms with Crippen LogP contribution in [0.3, 0.4) is 0 Å². The Morgan fingerprint density at radius 1 is 1.13 bits per heavy atom. The summed E-state index contributed by atoms with van der Waals surface area (Å²) in [5.41, 5.74) is 8.62. The molecule has 0 amide bonds. The average molecular weight is 313 g/mol. The maximum Gasteiger partial charge on any atom is 0.317 e. The first-order valence-electron chi connectivity index (χ1n) is 7.51. The summed E-state index contributed by atoms with van der Waals surface area (Å²) in [6.45, 7) is 2.89. The van der Waals surface area contributed by atoms with Crippen molar-refractivity contribution in [2.24, 2.45) is 0 Å². The van der Waals surface area contributed by atoms with Crippen LogP contribution in [-0.2, 0) is 4.79 Å². The third kappa shape index (κ3) is 3.57. The fourth-order valence-corrected chi connectivity index (χ4v) is 2.73. The molecular formula is C16H19N5O2. The Labute approximate surface area is 134 Å². The van der Waals surface area contributed by atoms with Gasteiger partial charge in [-0.1, -0.05) is 30.3 Å². The van der Waals surface area contributed by atoms with Crippen LogP contribution in [0.4, 0.5) is 11.5 Å². The van der Waals surface area contributed by atoms with Crippen molar-refractivity contribution in [3.05, 3.63) is 36.4 Å². The highest BCUT2D eigenvalue weighted by Crippen LogP contribution is 2.26. The van der Waals surface area contributed by atoms with Crippen molar-refractivity contribution in [2.45, 2.75) is 0 Å². The number of hydrogen-bond acceptors (Lipinski definition) is 6. The molecule has 0 bridgehead atoms. The molecule has 0 atom stereocenters. The van der Waals surface area contributed by atoms with Gasteiger partial charge in [-0.3, -0.25) is 9.69 Å². The van der Waals surface area contributed by atoms with Crippen LogP contribution in [0.15, 0.2) is 36.4 Å². The number of aromatic nitrogens is 2. The molecule has 1 aromatic carbocycles. The molecule has 1 aliphatic heterocycles. The number of nitrogens with zero attached hydrogens (tertiary/aromatic N) is 4. The van der Waals surface area contributed by atoms with E-state index >= 15 is 0 Å². The Kier molecular flexibility index (Phi) is 4.38. The number of benzene rings is 1. The maximum atomic E-state index is 10.8. The second-order valence-corrected chi connectivity index (χ2v) is 5.52. The predicted octanol–water partition coefficient (Wildman–Crippen LogP) is 0.932. The van der Waals surface area contributed by atoms with E-state index in [0.717, 1.165) is 30.0 Å². The number of rotatable bonds is 4. The lowest BCUT2D eigenvalue weighted by atomic mass is 10.1. The number of carbonyl (C=O) groups is 1. The van der Waals surface area contributed by atoms with E-state index in [1.165, 1.54) is 0 Å². The van der Waals surface area contributed by atoms with Crippen LogP contribution in [0, 0.1) is 0 Å². The van der Waals surface area contributed by atoms with E-state index in [1.54, 1.807) is 0 Å². The maximum absolute atomic E-state index is 10.8. The number of nitrogens with two attached hydrogens (primary N) is 1. The summed E-state index contributed by atoms with van der Waals surface area (Å²) in [6.07, 6.45) is 0. The highest BCUT2D eigenvalue weighted by Gasteiger charge is 2.21. The summed E-state index contributed by atoms with van der Waals surface area (Å²) < 4.78 is 0. The number of carboxylic acid groups (broad SMARTS) is 1. The van der Waals surface area contributed by atoms with E-state index in [9.17, 15) is 4.79 Å². The van der Waals surface area contributed by atoms with Gasteiger partial charge in [0.05, 0.1) is 17.9 Å². The molecule has 1 aromatic heterocycles. The van der Waals surface area contributed by atoms with Gasteiger partial charge in [-0.15, -0.1) is 10.2 Å². The summed E-state index contributed by atoms with van der Waals surface area (Å²) >= 11 is 0. The molecule has 3 N–H and O–H groups in total. The highest BCUT2D eigenvalue weighted by atomic mass is 16.4. The second kappa shape index (κ2) is 6.62. The largest absolute Gasteiger partial charge is 0.480 e. The normalized spacial score (nSPS) is 15.6. The van der Waals surface area contributed by atoms with Gasteiger partial charge in [0.25, 0.3) is 0 Å². The Balaban J connectivity index is 1.77. The molecule has 23 heavy (non-hydrogen) atoms. The molecule has 1 saturated heterocycles. The van der Waals surface area contributed by atoms with Crippen molar-refractivity contribution in [1.29, 1.82) is 0 Å². The minimum atomic E-state index is -0.796. The zero-order valence-corrected chi connectivity index (χ0v) is 12.7. The lowest BCUT2D eigenvalue weighted by molar-refractivity contribution is -0.138. The molecule has 0 saturated carbocycles. The lowest BCUT2D eigenvalue weighted by Crippen LogP contribution is -2.48. The molecule has 0 spiro atoms. The third-order valence-corrected chi connectivity index (χ3v) is 3.94. The summed E-state index contributed by atoms with van der Waals surface area (Å²) in [6, 6.07) is 11.8. The smallest absolute Gasteiger partial charge is 0.317 e. The van der Waals surface area contributed by atoms with E-state index in [2.05, 4.69) is 15.1 Å². The van der Waals surface area contributed by atoms with E-state index in [4.69, 9.17) is 10.8 Å². The monoisotopic (exact) mass is 313 g/mol. The van der Waals surface area contributed by atoms with Crippen LogP contribution in [0.5, 0.6) is 0 Å². The van der Waals surface area contributed by atoms with E-state index in [0.29, 0.717) is 18.9 Å². The van der Waals surface area contributed by atoms with Gasteiger partial charge < -0.3 is 15.7 Å². The van der Waals surface area contributed by atoms with Crippen LogP contribution >= 0.6 is 0 Å². The highest BCUT2D eigenvalue weighted by molar-refractivity contribution is 5.71.